The molecule has 0 aliphatic carbocycles. The van der Waals surface area contributed by atoms with Crippen molar-refractivity contribution in [3.8, 4) is 0 Å². The summed E-state index contributed by atoms with van der Waals surface area (Å²) in [5, 5.41) is 0. The van der Waals surface area contributed by atoms with Crippen molar-refractivity contribution in [2.75, 3.05) is 45.9 Å². The van der Waals surface area contributed by atoms with Gasteiger partial charge < -0.3 is 19.8 Å². The zero-order valence-corrected chi connectivity index (χ0v) is 14.5. The van der Waals surface area contributed by atoms with E-state index in [-0.39, 0.29) is 30.7 Å². The molecule has 2 N–H and O–H groups in total. The fourth-order valence-corrected chi connectivity index (χ4v) is 2.29. The zero-order valence-electron chi connectivity index (χ0n) is 12.8. The third kappa shape index (κ3) is 5.78. The molecule has 0 atom stereocenters. The van der Waals surface area contributed by atoms with Gasteiger partial charge in [0.2, 0.25) is 0 Å². The maximum Gasteiger partial charge on any atom is 0.257 e. The van der Waals surface area contributed by atoms with Crippen LogP contribution in [0.4, 0.5) is 0 Å². The number of carbonyl (C=O) groups is 1. The molecule has 0 radical (unpaired) electrons. The Labute approximate surface area is 143 Å². The van der Waals surface area contributed by atoms with E-state index in [1.54, 1.807) is 6.07 Å². The Morgan fingerprint density at radius 3 is 2.55 bits per heavy atom. The van der Waals surface area contributed by atoms with Gasteiger partial charge in [-0.25, -0.2) is 0 Å². The first-order valence-electron chi connectivity index (χ1n) is 7.11. The second kappa shape index (κ2) is 10.9. The first-order chi connectivity index (χ1) is 9.74. The largest absolute Gasteiger partial charge is 0.467 e. The highest BCUT2D eigenvalue weighted by Crippen LogP contribution is 2.12. The highest BCUT2D eigenvalue weighted by Gasteiger charge is 2.23. The van der Waals surface area contributed by atoms with Gasteiger partial charge in [0.25, 0.3) is 5.91 Å². The van der Waals surface area contributed by atoms with Crippen molar-refractivity contribution in [2.45, 2.75) is 13.5 Å². The van der Waals surface area contributed by atoms with Crippen LogP contribution >= 0.6 is 24.8 Å². The van der Waals surface area contributed by atoms with Crippen molar-refractivity contribution in [1.29, 1.82) is 0 Å². The highest BCUT2D eigenvalue weighted by atomic mass is 35.5. The summed E-state index contributed by atoms with van der Waals surface area (Å²) >= 11 is 0. The third-order valence-corrected chi connectivity index (χ3v) is 3.52. The van der Waals surface area contributed by atoms with E-state index in [1.807, 2.05) is 11.8 Å². The predicted molar refractivity (Wildman–Crippen MR) is 89.9 cm³/mol. The van der Waals surface area contributed by atoms with Crippen molar-refractivity contribution in [2.24, 2.45) is 5.73 Å². The van der Waals surface area contributed by atoms with Gasteiger partial charge in [-0.05, 0) is 13.0 Å². The molecule has 0 aromatic carbocycles. The highest BCUT2D eigenvalue weighted by molar-refractivity contribution is 5.94. The van der Waals surface area contributed by atoms with Crippen LogP contribution in [0, 0.1) is 0 Å². The van der Waals surface area contributed by atoms with Crippen molar-refractivity contribution in [3.63, 3.8) is 0 Å². The summed E-state index contributed by atoms with van der Waals surface area (Å²) < 4.78 is 10.6. The second-order valence-electron chi connectivity index (χ2n) is 4.84. The summed E-state index contributed by atoms with van der Waals surface area (Å²) in [7, 11) is 0. The number of nitrogens with two attached hydrogens (primary N) is 1. The summed E-state index contributed by atoms with van der Waals surface area (Å²) in [6, 6.07) is 1.73. The first-order valence-corrected chi connectivity index (χ1v) is 7.11. The summed E-state index contributed by atoms with van der Waals surface area (Å²) in [6.45, 7) is 8.02. The lowest BCUT2D eigenvalue weighted by molar-refractivity contribution is 0.0564. The molecular weight excluding hydrogens is 329 g/mol. The molecule has 1 aromatic heterocycles. The van der Waals surface area contributed by atoms with Crippen LogP contribution in [0.5, 0.6) is 0 Å². The van der Waals surface area contributed by atoms with Crippen LogP contribution in [-0.4, -0.2) is 61.6 Å². The number of hydrogen-bond acceptors (Lipinski definition) is 5. The molecule has 0 unspecified atom stereocenters. The Bertz CT molecular complexity index is 435. The van der Waals surface area contributed by atoms with E-state index in [2.05, 4.69) is 4.90 Å². The Morgan fingerprint density at radius 1 is 1.32 bits per heavy atom. The molecule has 1 amide bonds. The Hall–Kier alpha value is -0.790. The number of halogens is 2. The first kappa shape index (κ1) is 21.2. The molecule has 0 bridgehead atoms. The topological polar surface area (TPSA) is 71.9 Å². The van der Waals surface area contributed by atoms with Gasteiger partial charge in [-0.1, -0.05) is 0 Å². The van der Waals surface area contributed by atoms with Crippen molar-refractivity contribution >= 4 is 30.7 Å². The van der Waals surface area contributed by atoms with E-state index >= 15 is 0 Å². The van der Waals surface area contributed by atoms with Crippen LogP contribution in [-0.2, 0) is 11.3 Å². The maximum absolute atomic E-state index is 12.3. The molecule has 2 rings (SSSR count). The molecule has 8 heteroatoms. The second-order valence-corrected chi connectivity index (χ2v) is 4.84. The normalized spacial score (nSPS) is 15.1. The molecule has 2 heterocycles. The average molecular weight is 354 g/mol. The quantitative estimate of drug-likeness (QED) is 0.782. The van der Waals surface area contributed by atoms with Gasteiger partial charge >= 0.3 is 0 Å². The number of piperazine rings is 1. The van der Waals surface area contributed by atoms with Crippen molar-refractivity contribution in [1.82, 2.24) is 9.80 Å². The number of ether oxygens (including phenoxy) is 1. The van der Waals surface area contributed by atoms with E-state index in [1.165, 1.54) is 6.26 Å². The minimum Gasteiger partial charge on any atom is -0.467 e. The number of nitrogens with zero attached hydrogens (tertiary/aromatic N) is 2. The molecular formula is C14H25Cl2N3O3. The van der Waals surface area contributed by atoms with E-state index in [4.69, 9.17) is 14.9 Å². The minimum absolute atomic E-state index is 0. The summed E-state index contributed by atoms with van der Waals surface area (Å²) in [4.78, 5) is 16.5. The maximum atomic E-state index is 12.3. The lowest BCUT2D eigenvalue weighted by Crippen LogP contribution is -2.49. The number of rotatable bonds is 6. The lowest BCUT2D eigenvalue weighted by atomic mass is 10.2. The molecule has 22 heavy (non-hydrogen) atoms. The fourth-order valence-electron chi connectivity index (χ4n) is 2.29. The zero-order chi connectivity index (χ0) is 14.4. The van der Waals surface area contributed by atoms with Gasteiger partial charge in [-0.2, -0.15) is 0 Å². The van der Waals surface area contributed by atoms with E-state index in [0.29, 0.717) is 17.9 Å². The number of hydrogen-bond donors (Lipinski definition) is 1. The van der Waals surface area contributed by atoms with E-state index in [9.17, 15) is 4.79 Å². The molecule has 0 spiro atoms. The molecule has 6 nitrogen and oxygen atoms in total. The molecule has 1 saturated heterocycles. The Kier molecular flexibility index (Phi) is 10.5. The standard InChI is InChI=1S/C14H23N3O3.2ClH/c1-2-19-8-7-16-3-5-17(6-4-16)14(18)12-9-13(10-15)20-11-12;;/h9,11H,2-8,10,15H2,1H3;2*1H. The van der Waals surface area contributed by atoms with Crippen LogP contribution < -0.4 is 5.73 Å². The van der Waals surface area contributed by atoms with E-state index < -0.39 is 0 Å². The summed E-state index contributed by atoms with van der Waals surface area (Å²) in [6.07, 6.45) is 1.49. The van der Waals surface area contributed by atoms with Crippen molar-refractivity contribution < 1.29 is 13.9 Å². The van der Waals surface area contributed by atoms with Gasteiger partial charge in [0.15, 0.2) is 0 Å². The van der Waals surface area contributed by atoms with Gasteiger partial charge in [0, 0.05) is 39.3 Å². The summed E-state index contributed by atoms with van der Waals surface area (Å²) in [5.41, 5.74) is 6.07. The van der Waals surface area contributed by atoms with Gasteiger partial charge in [0.1, 0.15) is 12.0 Å². The van der Waals surface area contributed by atoms with Crippen LogP contribution in [0.15, 0.2) is 16.7 Å². The van der Waals surface area contributed by atoms with Crippen LogP contribution in [0.3, 0.4) is 0 Å². The van der Waals surface area contributed by atoms with E-state index in [0.717, 1.165) is 45.9 Å². The van der Waals surface area contributed by atoms with Crippen LogP contribution in [0.2, 0.25) is 0 Å². The number of carbonyl (C=O) groups excluding carboxylic acids is 1. The molecule has 128 valence electrons. The molecule has 1 fully saturated rings. The Balaban J connectivity index is 0.00000220. The van der Waals surface area contributed by atoms with Crippen LogP contribution in [0.1, 0.15) is 23.0 Å². The molecule has 1 aliphatic heterocycles. The monoisotopic (exact) mass is 353 g/mol. The lowest BCUT2D eigenvalue weighted by Gasteiger charge is -2.34. The number of furan rings is 1. The van der Waals surface area contributed by atoms with Gasteiger partial charge in [-0.3, -0.25) is 9.69 Å². The predicted octanol–water partition coefficient (Wildman–Crippen LogP) is 1.38. The molecule has 1 aliphatic rings. The van der Waals surface area contributed by atoms with Gasteiger partial charge in [0.05, 0.1) is 18.7 Å². The SMILES string of the molecule is CCOCCN1CCN(C(=O)c2coc(CN)c2)CC1.Cl.Cl. The number of amides is 1. The smallest absolute Gasteiger partial charge is 0.257 e. The van der Waals surface area contributed by atoms with Gasteiger partial charge in [-0.15, -0.1) is 24.8 Å². The fraction of sp³-hybridized carbons (Fsp3) is 0.643. The van der Waals surface area contributed by atoms with Crippen LogP contribution in [0.25, 0.3) is 0 Å². The summed E-state index contributed by atoms with van der Waals surface area (Å²) in [5.74, 6) is 0.668. The molecule has 0 saturated carbocycles. The van der Waals surface area contributed by atoms with Crippen molar-refractivity contribution in [3.05, 3.63) is 23.7 Å². The average Bonchev–Trinajstić information content (AvgIpc) is 2.96. The molecule has 1 aromatic rings. The Morgan fingerprint density at radius 2 is 2.00 bits per heavy atom. The third-order valence-electron chi connectivity index (χ3n) is 3.52. The minimum atomic E-state index is 0.